The third kappa shape index (κ3) is 74.1. The standard InChI is InChI=1S/C80H156O17P2/c1-7-9-11-13-15-17-19-21-22-23-24-25-26-27-29-35-39-47-53-59-65-80(85)96-75(68-90-77(82)62-56-50-44-37-33-31-30-32-36-42-48-54-60-72(3)4)70-94-98(86,87)92-66-74(81)67-93-99(88,89)95-71-76(69-91-78(83)63-57-51-45-41-40-43-49-55-61-73(5)6)97-79(84)64-58-52-46-38-34-28-20-18-16-14-12-10-8-2/h72-76,81H,7-71H2,1-6H3,(H,86,87)(H,88,89)/t74-,75-,76-/m1/s1. The van der Waals surface area contributed by atoms with E-state index in [-0.39, 0.29) is 25.7 Å². The number of carbonyl (C=O) groups excluding carboxylic acids is 4. The van der Waals surface area contributed by atoms with E-state index in [4.69, 9.17) is 37.0 Å². The lowest BCUT2D eigenvalue weighted by atomic mass is 10.0. The van der Waals surface area contributed by atoms with Gasteiger partial charge in [0.15, 0.2) is 12.2 Å². The van der Waals surface area contributed by atoms with Crippen LogP contribution in [0.3, 0.4) is 0 Å². The maximum atomic E-state index is 13.1. The molecule has 0 aromatic rings. The van der Waals surface area contributed by atoms with Crippen molar-refractivity contribution < 1.29 is 80.2 Å². The molecular weight excluding hydrogens is 1290 g/mol. The van der Waals surface area contributed by atoms with E-state index in [1.165, 1.54) is 238 Å². The Hall–Kier alpha value is -1.94. The number of aliphatic hydroxyl groups is 1. The molecular formula is C80H156O17P2. The first-order valence-corrected chi connectivity index (χ1v) is 44.5. The summed E-state index contributed by atoms with van der Waals surface area (Å²) < 4.78 is 68.7. The molecule has 0 bridgehead atoms. The van der Waals surface area contributed by atoms with Crippen molar-refractivity contribution in [1.29, 1.82) is 0 Å². The van der Waals surface area contributed by atoms with Crippen LogP contribution in [0.15, 0.2) is 0 Å². The minimum absolute atomic E-state index is 0.107. The van der Waals surface area contributed by atoms with E-state index in [1.807, 2.05) is 0 Å². The SMILES string of the molecule is CCCCCCCCCCCCCCCCCCCCCCC(=O)O[C@H](COC(=O)CCCCCCCCCCCCCCC(C)C)COP(=O)(O)OC[C@@H](O)COP(=O)(O)OC[C@@H](COC(=O)CCCCCCCCCCC(C)C)OC(=O)CCCCCCCCCCCCCCC. The summed E-state index contributed by atoms with van der Waals surface area (Å²) in [6, 6.07) is 0. The van der Waals surface area contributed by atoms with E-state index in [0.717, 1.165) is 102 Å². The molecule has 0 spiro atoms. The van der Waals surface area contributed by atoms with E-state index in [9.17, 15) is 43.2 Å². The molecule has 0 saturated heterocycles. The predicted molar refractivity (Wildman–Crippen MR) is 405 cm³/mol. The third-order valence-electron chi connectivity index (χ3n) is 18.7. The summed E-state index contributed by atoms with van der Waals surface area (Å²) in [6.45, 7) is 9.61. The molecule has 0 radical (unpaired) electrons. The summed E-state index contributed by atoms with van der Waals surface area (Å²) in [5.74, 6) is -0.601. The molecule has 0 aliphatic carbocycles. The van der Waals surface area contributed by atoms with Gasteiger partial charge in [-0.05, 0) is 37.5 Å². The third-order valence-corrected chi connectivity index (χ3v) is 20.6. The fourth-order valence-corrected chi connectivity index (χ4v) is 13.9. The lowest BCUT2D eigenvalue weighted by molar-refractivity contribution is -0.161. The van der Waals surface area contributed by atoms with Gasteiger partial charge in [0.1, 0.15) is 19.3 Å². The van der Waals surface area contributed by atoms with Crippen molar-refractivity contribution >= 4 is 39.5 Å². The number of hydrogen-bond donors (Lipinski definition) is 3. The van der Waals surface area contributed by atoms with Crippen LogP contribution in [0.4, 0.5) is 0 Å². The Labute approximate surface area is 607 Å². The van der Waals surface area contributed by atoms with Crippen LogP contribution < -0.4 is 0 Å². The Bertz CT molecular complexity index is 1910. The minimum atomic E-state index is -4.96. The van der Waals surface area contributed by atoms with Crippen LogP contribution in [0.2, 0.25) is 0 Å². The van der Waals surface area contributed by atoms with Gasteiger partial charge in [-0.2, -0.15) is 0 Å². The normalized spacial score (nSPS) is 13.9. The zero-order valence-electron chi connectivity index (χ0n) is 64.8. The van der Waals surface area contributed by atoms with Crippen LogP contribution in [0, 0.1) is 11.8 Å². The number of carbonyl (C=O) groups is 4. The van der Waals surface area contributed by atoms with Crippen LogP contribution in [0.25, 0.3) is 0 Å². The van der Waals surface area contributed by atoms with Gasteiger partial charge >= 0.3 is 39.5 Å². The largest absolute Gasteiger partial charge is 0.472 e. The Morgan fingerprint density at radius 2 is 0.465 bits per heavy atom. The van der Waals surface area contributed by atoms with Crippen molar-refractivity contribution in [3.8, 4) is 0 Å². The first-order valence-electron chi connectivity index (χ1n) is 41.5. The topological polar surface area (TPSA) is 237 Å². The average molecular weight is 1450 g/mol. The van der Waals surface area contributed by atoms with Crippen molar-refractivity contribution in [1.82, 2.24) is 0 Å². The number of esters is 4. The molecule has 0 rings (SSSR count). The highest BCUT2D eigenvalue weighted by molar-refractivity contribution is 7.47. The Morgan fingerprint density at radius 3 is 0.687 bits per heavy atom. The fraction of sp³-hybridized carbons (Fsp3) is 0.950. The van der Waals surface area contributed by atoms with E-state index < -0.39 is 97.5 Å². The molecule has 588 valence electrons. The first kappa shape index (κ1) is 97.1. The van der Waals surface area contributed by atoms with Gasteiger partial charge in [0.05, 0.1) is 26.4 Å². The zero-order chi connectivity index (χ0) is 72.8. The van der Waals surface area contributed by atoms with Crippen LogP contribution >= 0.6 is 15.6 Å². The van der Waals surface area contributed by atoms with Gasteiger partial charge in [-0.25, -0.2) is 9.13 Å². The molecule has 0 aliphatic rings. The Balaban J connectivity index is 5.24. The second-order valence-electron chi connectivity index (χ2n) is 29.8. The summed E-state index contributed by atoms with van der Waals surface area (Å²) in [5, 5.41) is 10.6. The number of aliphatic hydroxyl groups excluding tert-OH is 1. The molecule has 0 amide bonds. The first-order chi connectivity index (χ1) is 47.9. The van der Waals surface area contributed by atoms with Gasteiger partial charge in [0.2, 0.25) is 0 Å². The van der Waals surface area contributed by atoms with E-state index in [1.54, 1.807) is 0 Å². The smallest absolute Gasteiger partial charge is 0.462 e. The van der Waals surface area contributed by atoms with Crippen LogP contribution in [-0.2, 0) is 65.4 Å². The highest BCUT2D eigenvalue weighted by atomic mass is 31.2. The number of phosphoric ester groups is 2. The quantitative estimate of drug-likeness (QED) is 0.0222. The predicted octanol–water partition coefficient (Wildman–Crippen LogP) is 23.9. The van der Waals surface area contributed by atoms with E-state index in [0.29, 0.717) is 25.7 Å². The molecule has 99 heavy (non-hydrogen) atoms. The lowest BCUT2D eigenvalue weighted by Gasteiger charge is -2.21. The lowest BCUT2D eigenvalue weighted by Crippen LogP contribution is -2.30. The molecule has 0 aliphatic heterocycles. The molecule has 3 N–H and O–H groups in total. The van der Waals surface area contributed by atoms with Gasteiger partial charge in [0, 0.05) is 25.7 Å². The van der Waals surface area contributed by atoms with Crippen molar-refractivity contribution in [2.45, 2.75) is 439 Å². The molecule has 19 heteroatoms. The van der Waals surface area contributed by atoms with Crippen LogP contribution in [-0.4, -0.2) is 96.7 Å². The molecule has 5 atom stereocenters. The highest BCUT2D eigenvalue weighted by Gasteiger charge is 2.30. The maximum Gasteiger partial charge on any atom is 0.472 e. The monoisotopic (exact) mass is 1450 g/mol. The molecule has 2 unspecified atom stereocenters. The number of rotatable bonds is 79. The van der Waals surface area contributed by atoms with Gasteiger partial charge < -0.3 is 33.8 Å². The van der Waals surface area contributed by atoms with Crippen molar-refractivity contribution in [2.75, 3.05) is 39.6 Å². The number of hydrogen-bond acceptors (Lipinski definition) is 15. The van der Waals surface area contributed by atoms with Gasteiger partial charge in [-0.1, -0.05) is 369 Å². The Kier molecular flexibility index (Phi) is 70.3. The van der Waals surface area contributed by atoms with Crippen molar-refractivity contribution in [3.05, 3.63) is 0 Å². The summed E-state index contributed by atoms with van der Waals surface area (Å²) >= 11 is 0. The minimum Gasteiger partial charge on any atom is -0.462 e. The van der Waals surface area contributed by atoms with Crippen LogP contribution in [0.5, 0.6) is 0 Å². The number of unbranched alkanes of at least 4 members (excludes halogenated alkanes) is 49. The van der Waals surface area contributed by atoms with E-state index in [2.05, 4.69) is 41.5 Å². The second kappa shape index (κ2) is 71.7. The summed E-state index contributed by atoms with van der Waals surface area (Å²) in [5.41, 5.74) is 0. The maximum absolute atomic E-state index is 13.1. The van der Waals surface area contributed by atoms with Crippen molar-refractivity contribution in [3.63, 3.8) is 0 Å². The molecule has 0 aromatic heterocycles. The molecule has 0 aromatic carbocycles. The highest BCUT2D eigenvalue weighted by Crippen LogP contribution is 2.45. The van der Waals surface area contributed by atoms with Gasteiger partial charge in [-0.3, -0.25) is 37.3 Å². The number of ether oxygens (including phenoxy) is 4. The molecule has 0 heterocycles. The molecule has 0 saturated carbocycles. The number of phosphoric acid groups is 2. The van der Waals surface area contributed by atoms with Crippen molar-refractivity contribution in [2.24, 2.45) is 11.8 Å². The average Bonchev–Trinajstić information content (AvgIpc) is 0.976. The van der Waals surface area contributed by atoms with Gasteiger partial charge in [0.25, 0.3) is 0 Å². The summed E-state index contributed by atoms with van der Waals surface area (Å²) in [4.78, 5) is 73.0. The zero-order valence-corrected chi connectivity index (χ0v) is 66.6. The fourth-order valence-electron chi connectivity index (χ4n) is 12.4. The Morgan fingerprint density at radius 1 is 0.273 bits per heavy atom. The molecule has 0 fully saturated rings. The summed E-state index contributed by atoms with van der Waals surface area (Å²) in [6.07, 6.45) is 61.1. The van der Waals surface area contributed by atoms with Crippen LogP contribution in [0.1, 0.15) is 420 Å². The van der Waals surface area contributed by atoms with Gasteiger partial charge in [-0.15, -0.1) is 0 Å². The second-order valence-corrected chi connectivity index (χ2v) is 32.7. The summed E-state index contributed by atoms with van der Waals surface area (Å²) in [7, 11) is -9.92. The van der Waals surface area contributed by atoms with E-state index >= 15 is 0 Å². The molecule has 17 nitrogen and oxygen atoms in total.